The molecule has 5 rings (SSSR count). The Kier molecular flexibility index (Phi) is 6.21. The lowest BCUT2D eigenvalue weighted by Crippen LogP contribution is -2.38. The van der Waals surface area contributed by atoms with E-state index in [1.54, 1.807) is 17.0 Å². The highest BCUT2D eigenvalue weighted by Crippen LogP contribution is 2.48. The summed E-state index contributed by atoms with van der Waals surface area (Å²) in [7, 11) is 0. The second-order valence-corrected chi connectivity index (χ2v) is 9.67. The number of carboxylic acid groups (broad SMARTS) is 1. The van der Waals surface area contributed by atoms with Gasteiger partial charge in [0.05, 0.1) is 17.8 Å². The van der Waals surface area contributed by atoms with Crippen LogP contribution in [0.1, 0.15) is 48.1 Å². The summed E-state index contributed by atoms with van der Waals surface area (Å²) in [6, 6.07) is 16.6. The van der Waals surface area contributed by atoms with E-state index in [1.807, 2.05) is 41.8 Å². The molecular formula is C27H23FN2O4S. The number of carbonyl (C=O) groups is 3. The van der Waals surface area contributed by atoms with Crippen molar-refractivity contribution in [2.24, 2.45) is 0 Å². The SMILES string of the molecule is O=C(O)CCC(=O)N1c2ccccc2NC2=C(C(=O)C[C@@H](c3ccc(F)cc3)C2)[C@H]1c1cccs1. The first-order valence-electron chi connectivity index (χ1n) is 11.4. The number of fused-ring (bicyclic) bond motifs is 1. The molecule has 1 aliphatic carbocycles. The van der Waals surface area contributed by atoms with Crippen LogP contribution in [0.15, 0.2) is 77.3 Å². The molecule has 8 heteroatoms. The number of para-hydroxylation sites is 2. The molecule has 0 saturated heterocycles. The van der Waals surface area contributed by atoms with Crippen LogP contribution in [0.4, 0.5) is 15.8 Å². The van der Waals surface area contributed by atoms with Crippen molar-refractivity contribution in [3.63, 3.8) is 0 Å². The number of carboxylic acids is 1. The van der Waals surface area contributed by atoms with Crippen molar-refractivity contribution in [3.05, 3.63) is 93.6 Å². The molecule has 0 unspecified atom stereocenters. The summed E-state index contributed by atoms with van der Waals surface area (Å²) in [4.78, 5) is 40.8. The summed E-state index contributed by atoms with van der Waals surface area (Å²) >= 11 is 1.45. The summed E-state index contributed by atoms with van der Waals surface area (Å²) in [6.07, 6.45) is 0.288. The lowest BCUT2D eigenvalue weighted by Gasteiger charge is -2.34. The smallest absolute Gasteiger partial charge is 0.303 e. The molecule has 0 spiro atoms. The van der Waals surface area contributed by atoms with E-state index in [2.05, 4.69) is 5.32 Å². The highest BCUT2D eigenvalue weighted by atomic mass is 32.1. The Bertz CT molecular complexity index is 1320. The van der Waals surface area contributed by atoms with Gasteiger partial charge in [-0.2, -0.15) is 0 Å². The third kappa shape index (κ3) is 4.49. The van der Waals surface area contributed by atoms with Crippen molar-refractivity contribution >= 4 is 40.4 Å². The molecule has 1 aromatic heterocycles. The number of aliphatic carboxylic acids is 1. The van der Waals surface area contributed by atoms with Crippen LogP contribution in [0.25, 0.3) is 0 Å². The minimum atomic E-state index is -1.05. The molecule has 1 aliphatic heterocycles. The van der Waals surface area contributed by atoms with Crippen molar-refractivity contribution in [1.82, 2.24) is 0 Å². The average molecular weight is 491 g/mol. The van der Waals surface area contributed by atoms with Crippen molar-refractivity contribution in [3.8, 4) is 0 Å². The van der Waals surface area contributed by atoms with Crippen molar-refractivity contribution < 1.29 is 23.9 Å². The molecule has 0 fully saturated rings. The van der Waals surface area contributed by atoms with E-state index in [4.69, 9.17) is 0 Å². The van der Waals surface area contributed by atoms with E-state index in [1.165, 1.54) is 23.5 Å². The summed E-state index contributed by atoms with van der Waals surface area (Å²) in [5.74, 6) is -1.95. The number of hydrogen-bond acceptors (Lipinski definition) is 5. The van der Waals surface area contributed by atoms with Gasteiger partial charge in [-0.3, -0.25) is 19.3 Å². The van der Waals surface area contributed by atoms with E-state index in [0.29, 0.717) is 23.4 Å². The largest absolute Gasteiger partial charge is 0.481 e. The number of nitrogens with one attached hydrogen (secondary N) is 1. The molecule has 2 aliphatic rings. The summed E-state index contributed by atoms with van der Waals surface area (Å²) in [5.41, 5.74) is 3.41. The van der Waals surface area contributed by atoms with Gasteiger partial charge in [0.1, 0.15) is 11.9 Å². The molecule has 35 heavy (non-hydrogen) atoms. The van der Waals surface area contributed by atoms with Crippen LogP contribution < -0.4 is 10.2 Å². The third-order valence-corrected chi connectivity index (χ3v) is 7.39. The molecule has 178 valence electrons. The van der Waals surface area contributed by atoms with Gasteiger partial charge in [0.25, 0.3) is 0 Å². The first kappa shape index (κ1) is 23.0. The van der Waals surface area contributed by atoms with Gasteiger partial charge < -0.3 is 10.4 Å². The topological polar surface area (TPSA) is 86.7 Å². The fraction of sp³-hybridized carbons (Fsp3) is 0.222. The molecule has 3 aromatic rings. The van der Waals surface area contributed by atoms with E-state index in [-0.39, 0.29) is 42.7 Å². The standard InChI is InChI=1S/C27H23FN2O4S/c28-18-9-7-16(8-10-18)17-14-20-26(22(31)15-17)27(23-6-3-13-35-23)30(24(32)11-12-25(33)34)21-5-2-1-4-19(21)29-20/h1-10,13,17,27,29H,11-12,14-15H2,(H,33,34)/t17-,27+/m0/s1. The van der Waals surface area contributed by atoms with E-state index >= 15 is 0 Å². The Morgan fingerprint density at radius 3 is 2.51 bits per heavy atom. The van der Waals surface area contributed by atoms with Gasteiger partial charge in [-0.15, -0.1) is 11.3 Å². The second-order valence-electron chi connectivity index (χ2n) is 8.69. The first-order valence-corrected chi connectivity index (χ1v) is 12.3. The van der Waals surface area contributed by atoms with Gasteiger partial charge in [0.2, 0.25) is 5.91 Å². The van der Waals surface area contributed by atoms with Crippen LogP contribution >= 0.6 is 11.3 Å². The average Bonchev–Trinajstić information content (AvgIpc) is 3.32. The summed E-state index contributed by atoms with van der Waals surface area (Å²) in [6.45, 7) is 0. The highest BCUT2D eigenvalue weighted by molar-refractivity contribution is 7.10. The molecule has 2 aromatic carbocycles. The highest BCUT2D eigenvalue weighted by Gasteiger charge is 2.41. The molecule has 2 atom stereocenters. The van der Waals surface area contributed by atoms with E-state index in [0.717, 1.165) is 16.1 Å². The van der Waals surface area contributed by atoms with Gasteiger partial charge in [0.15, 0.2) is 5.78 Å². The Hall–Kier alpha value is -3.78. The summed E-state index contributed by atoms with van der Waals surface area (Å²) in [5, 5.41) is 14.5. The molecule has 0 saturated carbocycles. The minimum absolute atomic E-state index is 0.0877. The Balaban J connectivity index is 1.64. The van der Waals surface area contributed by atoms with Gasteiger partial charge in [-0.25, -0.2) is 4.39 Å². The van der Waals surface area contributed by atoms with Crippen molar-refractivity contribution in [2.45, 2.75) is 37.6 Å². The molecule has 6 nitrogen and oxygen atoms in total. The number of benzene rings is 2. The number of halogens is 1. The monoisotopic (exact) mass is 490 g/mol. The van der Waals surface area contributed by atoms with E-state index < -0.39 is 12.0 Å². The lowest BCUT2D eigenvalue weighted by molar-refractivity contribution is -0.138. The predicted octanol–water partition coefficient (Wildman–Crippen LogP) is 5.65. The molecule has 0 bridgehead atoms. The zero-order valence-electron chi connectivity index (χ0n) is 18.7. The molecule has 0 radical (unpaired) electrons. The maximum atomic E-state index is 13.7. The number of nitrogens with zero attached hydrogens (tertiary/aromatic N) is 1. The zero-order chi connectivity index (χ0) is 24.5. The van der Waals surface area contributed by atoms with E-state index in [9.17, 15) is 23.9 Å². The number of allylic oxidation sites excluding steroid dienone is 1. The number of Topliss-reactive ketones (excluding diaryl/α,β-unsaturated/α-hetero) is 1. The van der Waals surface area contributed by atoms with Crippen LogP contribution in [0.2, 0.25) is 0 Å². The molecule has 1 amide bonds. The number of ketones is 1. The molecule has 2 heterocycles. The number of hydrogen-bond donors (Lipinski definition) is 2. The van der Waals surface area contributed by atoms with Crippen molar-refractivity contribution in [2.75, 3.05) is 10.2 Å². The fourth-order valence-electron chi connectivity index (χ4n) is 4.89. The van der Waals surface area contributed by atoms with Crippen LogP contribution in [0.5, 0.6) is 0 Å². The van der Waals surface area contributed by atoms with Crippen molar-refractivity contribution in [1.29, 1.82) is 0 Å². The first-order chi connectivity index (χ1) is 16.9. The van der Waals surface area contributed by atoms with Crippen LogP contribution in [0, 0.1) is 5.82 Å². The van der Waals surface area contributed by atoms with Gasteiger partial charge in [0, 0.05) is 29.0 Å². The normalized spacial score (nSPS) is 19.5. The fourth-order valence-corrected chi connectivity index (χ4v) is 5.71. The number of carbonyl (C=O) groups excluding carboxylic acids is 2. The Morgan fingerprint density at radius 1 is 1.03 bits per heavy atom. The Morgan fingerprint density at radius 2 is 1.80 bits per heavy atom. The number of anilines is 2. The minimum Gasteiger partial charge on any atom is -0.481 e. The van der Waals surface area contributed by atoms with Crippen LogP contribution in [-0.4, -0.2) is 22.8 Å². The number of rotatable bonds is 5. The van der Waals surface area contributed by atoms with Gasteiger partial charge >= 0.3 is 5.97 Å². The second kappa shape index (κ2) is 9.46. The van der Waals surface area contributed by atoms with Gasteiger partial charge in [-0.05, 0) is 53.6 Å². The summed E-state index contributed by atoms with van der Waals surface area (Å²) < 4.78 is 13.5. The van der Waals surface area contributed by atoms with Gasteiger partial charge in [-0.1, -0.05) is 30.3 Å². The maximum Gasteiger partial charge on any atom is 0.303 e. The zero-order valence-corrected chi connectivity index (χ0v) is 19.6. The molecular weight excluding hydrogens is 467 g/mol. The van der Waals surface area contributed by atoms with Crippen LogP contribution in [0.3, 0.4) is 0 Å². The quantitative estimate of drug-likeness (QED) is 0.483. The van der Waals surface area contributed by atoms with Crippen LogP contribution in [-0.2, 0) is 14.4 Å². The lowest BCUT2D eigenvalue weighted by atomic mass is 9.79. The maximum absolute atomic E-state index is 13.7. The number of thiophene rings is 1. The third-order valence-electron chi connectivity index (χ3n) is 6.46. The predicted molar refractivity (Wildman–Crippen MR) is 132 cm³/mol. The Labute approximate surface area is 205 Å². The number of amides is 1. The molecule has 2 N–H and O–H groups in total.